The molecule has 0 aromatic heterocycles. The van der Waals surface area contributed by atoms with E-state index in [1.54, 1.807) is 30.3 Å². The van der Waals surface area contributed by atoms with Crippen molar-refractivity contribution >= 4 is 27.4 Å². The second kappa shape index (κ2) is 8.78. The molecule has 1 saturated heterocycles. The topological polar surface area (TPSA) is 93.5 Å². The van der Waals surface area contributed by atoms with Gasteiger partial charge in [0.25, 0.3) is 5.91 Å². The summed E-state index contributed by atoms with van der Waals surface area (Å²) in [7, 11) is -5.20. The van der Waals surface area contributed by atoms with Crippen molar-refractivity contribution in [1.82, 2.24) is 9.62 Å². The van der Waals surface area contributed by atoms with Crippen molar-refractivity contribution < 1.29 is 31.7 Å². The number of benzene rings is 2. The Kier molecular flexibility index (Phi) is 6.43. The van der Waals surface area contributed by atoms with Crippen LogP contribution in [0.5, 0.6) is 0 Å². The van der Waals surface area contributed by atoms with Crippen LogP contribution in [0, 0.1) is 10.6 Å². The third-order valence-corrected chi connectivity index (χ3v) is 7.74. The average molecular weight is 520 g/mol. The Morgan fingerprint density at radius 2 is 1.94 bits per heavy atom. The maximum atomic E-state index is 15.5. The van der Waals surface area contributed by atoms with Gasteiger partial charge >= 0.3 is 5.51 Å². The molecule has 1 aliphatic carbocycles. The van der Waals surface area contributed by atoms with Gasteiger partial charge in [0.05, 0.1) is 6.04 Å². The number of nitrogens with one attached hydrogen (secondary N) is 2. The Morgan fingerprint density at radius 1 is 1.26 bits per heavy atom. The fraction of sp³-hybridized carbons (Fsp3) is 0.409. The summed E-state index contributed by atoms with van der Waals surface area (Å²) in [6.45, 7) is -0.0214. The Balaban J connectivity index is 1.68. The molecule has 0 bridgehead atoms. The van der Waals surface area contributed by atoms with Crippen molar-refractivity contribution in [3.05, 3.63) is 58.9 Å². The Morgan fingerprint density at radius 3 is 2.56 bits per heavy atom. The molecule has 2 aliphatic rings. The number of carbonyl (C=O) groups is 1. The van der Waals surface area contributed by atoms with Crippen LogP contribution in [-0.2, 0) is 21.1 Å². The van der Waals surface area contributed by atoms with E-state index < -0.39 is 44.8 Å². The van der Waals surface area contributed by atoms with Gasteiger partial charge < -0.3 is 10.0 Å². The predicted molar refractivity (Wildman–Crippen MR) is 119 cm³/mol. The smallest absolute Gasteiger partial charge is 0.380 e. The molecule has 1 aliphatic heterocycles. The highest BCUT2D eigenvalue weighted by molar-refractivity contribution is 7.91. The number of aliphatic hydroxyl groups is 1. The number of amides is 1. The summed E-state index contributed by atoms with van der Waals surface area (Å²) >= 11 is 6.01. The SMILES string of the molecule is N=S(=O)(N[C@H]1CCN(C(=O)C2(O)CC2)[C@H]1Cc1cccc(-c2cccc(Cl)c2)c1F)C(F)(F)F. The first-order chi connectivity index (χ1) is 15.8. The lowest BCUT2D eigenvalue weighted by Crippen LogP contribution is -2.52. The first-order valence-electron chi connectivity index (χ1n) is 10.5. The number of halogens is 5. The van der Waals surface area contributed by atoms with Gasteiger partial charge in [0, 0.05) is 23.2 Å². The Bertz CT molecular complexity index is 1220. The molecule has 2 fully saturated rings. The summed E-state index contributed by atoms with van der Waals surface area (Å²) in [5, 5.41) is 10.7. The van der Waals surface area contributed by atoms with E-state index in [1.807, 2.05) is 4.72 Å². The van der Waals surface area contributed by atoms with Gasteiger partial charge in [0.1, 0.15) is 11.4 Å². The monoisotopic (exact) mass is 519 g/mol. The summed E-state index contributed by atoms with van der Waals surface area (Å²) in [5.41, 5.74) is -6.05. The van der Waals surface area contributed by atoms with Crippen LogP contribution in [-0.4, -0.2) is 49.9 Å². The van der Waals surface area contributed by atoms with E-state index in [0.29, 0.717) is 10.6 Å². The minimum atomic E-state index is -5.32. The minimum Gasteiger partial charge on any atom is -0.380 e. The van der Waals surface area contributed by atoms with Gasteiger partial charge in [-0.3, -0.25) is 4.79 Å². The van der Waals surface area contributed by atoms with Gasteiger partial charge in [-0.2, -0.15) is 13.2 Å². The molecule has 0 radical (unpaired) electrons. The normalized spacial score (nSPS) is 23.5. The van der Waals surface area contributed by atoms with Crippen LogP contribution < -0.4 is 4.72 Å². The minimum absolute atomic E-state index is 0.0214. The molecule has 2 aromatic carbocycles. The number of nitrogens with zero attached hydrogens (tertiary/aromatic N) is 1. The largest absolute Gasteiger partial charge is 0.492 e. The van der Waals surface area contributed by atoms with E-state index in [-0.39, 0.29) is 43.4 Å². The number of likely N-dealkylation sites (tertiary alicyclic amines) is 1. The molecule has 6 nitrogen and oxygen atoms in total. The number of hydrogen-bond donors (Lipinski definition) is 3. The van der Waals surface area contributed by atoms with Crippen LogP contribution in [0.15, 0.2) is 42.5 Å². The van der Waals surface area contributed by atoms with Crippen LogP contribution in [0.3, 0.4) is 0 Å². The van der Waals surface area contributed by atoms with E-state index >= 15 is 4.39 Å². The first-order valence-corrected chi connectivity index (χ1v) is 12.5. The molecule has 1 saturated carbocycles. The molecule has 2 aromatic rings. The van der Waals surface area contributed by atoms with E-state index in [4.69, 9.17) is 16.4 Å². The molecule has 184 valence electrons. The molecule has 4 rings (SSSR count). The first kappa shape index (κ1) is 24.9. The van der Waals surface area contributed by atoms with Crippen molar-refractivity contribution in [2.75, 3.05) is 6.54 Å². The Labute approximate surface area is 199 Å². The highest BCUT2D eigenvalue weighted by Crippen LogP contribution is 2.40. The van der Waals surface area contributed by atoms with Gasteiger partial charge in [-0.15, -0.1) is 0 Å². The standard InChI is InChI=1S/C22H22ClF4N3O3S/c23-15-5-1-3-13(11-15)16-6-2-4-14(19(16)24)12-18-17(29-34(28,33)22(25,26)27)7-10-30(18)20(31)21(32)8-9-21/h1-6,11,17-18,32H,7-10,12H2,(H2,28,29,33)/t17-,18-,34?/m0/s1. The molecule has 34 heavy (non-hydrogen) atoms. The fourth-order valence-corrected chi connectivity index (χ4v) is 5.24. The van der Waals surface area contributed by atoms with Crippen LogP contribution >= 0.6 is 11.6 Å². The Hall–Kier alpha value is -2.21. The van der Waals surface area contributed by atoms with Crippen LogP contribution in [0.25, 0.3) is 11.1 Å². The van der Waals surface area contributed by atoms with Crippen molar-refractivity contribution in [2.24, 2.45) is 0 Å². The lowest BCUT2D eigenvalue weighted by atomic mass is 9.96. The maximum absolute atomic E-state index is 15.5. The van der Waals surface area contributed by atoms with Crippen LogP contribution in [0.4, 0.5) is 17.6 Å². The summed E-state index contributed by atoms with van der Waals surface area (Å²) in [6.07, 6.45) is 0.216. The summed E-state index contributed by atoms with van der Waals surface area (Å²) in [4.78, 5) is 14.1. The molecular formula is C22H22ClF4N3O3S. The number of alkyl halides is 3. The van der Waals surface area contributed by atoms with Crippen molar-refractivity contribution in [3.63, 3.8) is 0 Å². The molecular weight excluding hydrogens is 498 g/mol. The molecule has 1 unspecified atom stereocenters. The van der Waals surface area contributed by atoms with Gasteiger partial charge in [0.2, 0.25) is 9.92 Å². The zero-order valence-corrected chi connectivity index (χ0v) is 19.3. The van der Waals surface area contributed by atoms with E-state index in [0.717, 1.165) is 0 Å². The molecule has 3 N–H and O–H groups in total. The molecule has 1 heterocycles. The zero-order valence-electron chi connectivity index (χ0n) is 17.7. The van der Waals surface area contributed by atoms with E-state index in [1.165, 1.54) is 17.0 Å². The van der Waals surface area contributed by atoms with Crippen molar-refractivity contribution in [1.29, 1.82) is 4.78 Å². The lowest BCUT2D eigenvalue weighted by Gasteiger charge is -2.31. The van der Waals surface area contributed by atoms with Gasteiger partial charge in [-0.25, -0.2) is 18.1 Å². The second-order valence-corrected chi connectivity index (χ2v) is 10.9. The van der Waals surface area contributed by atoms with Gasteiger partial charge in [-0.05, 0) is 48.9 Å². The highest BCUT2D eigenvalue weighted by atomic mass is 35.5. The van der Waals surface area contributed by atoms with Gasteiger partial charge in [0.15, 0.2) is 0 Å². The summed E-state index contributed by atoms with van der Waals surface area (Å²) in [6, 6.07) is 8.84. The number of hydrogen-bond acceptors (Lipinski definition) is 4. The summed E-state index contributed by atoms with van der Waals surface area (Å²) < 4.78 is 75.9. The average Bonchev–Trinajstić information content (AvgIpc) is 3.39. The number of rotatable bonds is 6. The third-order valence-electron chi connectivity index (χ3n) is 6.22. The van der Waals surface area contributed by atoms with E-state index in [9.17, 15) is 27.3 Å². The third kappa shape index (κ3) is 4.79. The quantitative estimate of drug-likeness (QED) is 0.498. The fourth-order valence-electron chi connectivity index (χ4n) is 4.22. The zero-order chi connectivity index (χ0) is 24.9. The number of carbonyl (C=O) groups excluding carboxylic acids is 1. The van der Waals surface area contributed by atoms with Crippen LogP contribution in [0.2, 0.25) is 5.02 Å². The van der Waals surface area contributed by atoms with Crippen molar-refractivity contribution in [2.45, 2.75) is 48.9 Å². The predicted octanol–water partition coefficient (Wildman–Crippen LogP) is 4.25. The van der Waals surface area contributed by atoms with Crippen molar-refractivity contribution in [3.8, 4) is 11.1 Å². The molecule has 1 amide bonds. The van der Waals surface area contributed by atoms with Gasteiger partial charge in [-0.1, -0.05) is 41.9 Å². The highest BCUT2D eigenvalue weighted by Gasteiger charge is 2.54. The van der Waals surface area contributed by atoms with Crippen LogP contribution in [0.1, 0.15) is 24.8 Å². The summed E-state index contributed by atoms with van der Waals surface area (Å²) in [5.74, 6) is -1.29. The maximum Gasteiger partial charge on any atom is 0.492 e. The molecule has 0 spiro atoms. The van der Waals surface area contributed by atoms with E-state index in [2.05, 4.69) is 0 Å². The lowest BCUT2D eigenvalue weighted by molar-refractivity contribution is -0.143. The molecule has 12 heteroatoms. The molecule has 3 atom stereocenters. The second-order valence-electron chi connectivity index (χ2n) is 8.61.